The second-order valence-electron chi connectivity index (χ2n) is 6.65. The lowest BCUT2D eigenvalue weighted by atomic mass is 9.96. The van der Waals surface area contributed by atoms with Crippen molar-refractivity contribution in [3.8, 4) is 11.3 Å². The molecule has 2 aromatic rings. The van der Waals surface area contributed by atoms with Crippen LogP contribution < -0.4 is 0 Å². The summed E-state index contributed by atoms with van der Waals surface area (Å²) in [6.07, 6.45) is 5.09. The Balaban J connectivity index is 1.68. The summed E-state index contributed by atoms with van der Waals surface area (Å²) in [5.41, 5.74) is 2.97. The predicted molar refractivity (Wildman–Crippen MR) is 88.4 cm³/mol. The highest BCUT2D eigenvalue weighted by molar-refractivity contribution is 7.89. The molecule has 0 radical (unpaired) electrons. The molecular weight excluding hydrogens is 310 g/mol. The van der Waals surface area contributed by atoms with E-state index in [9.17, 15) is 8.42 Å². The largest absolute Gasteiger partial charge is 0.268 e. The Labute approximate surface area is 137 Å². The first-order valence-electron chi connectivity index (χ1n) is 8.09. The van der Waals surface area contributed by atoms with Gasteiger partial charge in [-0.05, 0) is 49.4 Å². The van der Waals surface area contributed by atoms with Crippen molar-refractivity contribution in [2.24, 2.45) is 13.0 Å². The number of hydrogen-bond donors (Lipinski definition) is 0. The first-order chi connectivity index (χ1) is 11.0. The van der Waals surface area contributed by atoms with E-state index in [-0.39, 0.29) is 6.04 Å². The minimum Gasteiger partial charge on any atom is -0.268 e. The number of hydrogen-bond acceptors (Lipinski definition) is 3. The number of rotatable bonds is 3. The summed E-state index contributed by atoms with van der Waals surface area (Å²) in [7, 11) is -1.48. The monoisotopic (exact) mass is 331 g/mol. The van der Waals surface area contributed by atoms with Crippen LogP contribution in [-0.4, -0.2) is 35.1 Å². The van der Waals surface area contributed by atoms with E-state index in [0.29, 0.717) is 17.4 Å². The van der Waals surface area contributed by atoms with Crippen LogP contribution in [0.15, 0.2) is 35.4 Å². The molecule has 4 rings (SSSR count). The highest BCUT2D eigenvalue weighted by Gasteiger charge is 2.48. The summed E-state index contributed by atoms with van der Waals surface area (Å²) in [6.45, 7) is 2.64. The number of aryl methyl sites for hydroxylation is 2. The Hall–Kier alpha value is -1.66. The van der Waals surface area contributed by atoms with Crippen molar-refractivity contribution in [3.63, 3.8) is 0 Å². The third-order valence-corrected chi connectivity index (χ3v) is 7.19. The van der Waals surface area contributed by atoms with E-state index in [1.807, 2.05) is 26.1 Å². The molecule has 1 saturated heterocycles. The Bertz CT molecular complexity index is 856. The number of sulfonamides is 1. The molecule has 0 unspecified atom stereocenters. The van der Waals surface area contributed by atoms with Crippen LogP contribution in [0.4, 0.5) is 0 Å². The van der Waals surface area contributed by atoms with E-state index >= 15 is 0 Å². The minimum absolute atomic E-state index is 0.233. The van der Waals surface area contributed by atoms with Gasteiger partial charge in [-0.1, -0.05) is 12.5 Å². The van der Waals surface area contributed by atoms with Crippen LogP contribution in [0.3, 0.4) is 0 Å². The summed E-state index contributed by atoms with van der Waals surface area (Å²) >= 11 is 0. The quantitative estimate of drug-likeness (QED) is 0.868. The van der Waals surface area contributed by atoms with Gasteiger partial charge in [-0.25, -0.2) is 8.42 Å². The third-order valence-electron chi connectivity index (χ3n) is 5.30. The van der Waals surface area contributed by atoms with Crippen LogP contribution in [-0.2, 0) is 17.1 Å². The average Bonchev–Trinajstić information content (AvgIpc) is 3.05. The Kier molecular flexibility index (Phi) is 3.35. The smallest absolute Gasteiger partial charge is 0.243 e. The maximum atomic E-state index is 12.9. The van der Waals surface area contributed by atoms with Crippen molar-refractivity contribution in [1.82, 2.24) is 14.1 Å². The molecule has 1 saturated carbocycles. The van der Waals surface area contributed by atoms with Gasteiger partial charge in [0.15, 0.2) is 0 Å². The van der Waals surface area contributed by atoms with Crippen molar-refractivity contribution < 1.29 is 8.42 Å². The summed E-state index contributed by atoms with van der Waals surface area (Å²) in [6, 6.07) is 7.59. The maximum Gasteiger partial charge on any atom is 0.243 e. The second-order valence-corrected chi connectivity index (χ2v) is 8.54. The number of benzene rings is 1. The molecule has 1 aromatic heterocycles. The molecule has 0 bridgehead atoms. The van der Waals surface area contributed by atoms with Gasteiger partial charge in [0.05, 0.1) is 10.6 Å². The molecule has 1 aromatic carbocycles. The zero-order valence-corrected chi connectivity index (χ0v) is 14.3. The van der Waals surface area contributed by atoms with Crippen LogP contribution >= 0.6 is 0 Å². The normalized spacial score (nSPS) is 24.4. The zero-order valence-electron chi connectivity index (χ0n) is 13.4. The van der Waals surface area contributed by atoms with Gasteiger partial charge in [-0.3, -0.25) is 4.68 Å². The number of nitrogens with zero attached hydrogens (tertiary/aromatic N) is 3. The van der Waals surface area contributed by atoms with E-state index in [1.165, 1.54) is 6.42 Å². The van der Waals surface area contributed by atoms with E-state index in [4.69, 9.17) is 0 Å². The van der Waals surface area contributed by atoms with Crippen LogP contribution in [0.5, 0.6) is 0 Å². The van der Waals surface area contributed by atoms with E-state index < -0.39 is 10.0 Å². The van der Waals surface area contributed by atoms with E-state index in [2.05, 4.69) is 5.10 Å². The second kappa shape index (κ2) is 5.18. The SMILES string of the molecule is Cc1cc(S(=O)(=O)N2C[C@@H]3CCC[C@@H]32)ccc1-c1ccnn1C. The van der Waals surface area contributed by atoms with Gasteiger partial charge in [0.25, 0.3) is 0 Å². The van der Waals surface area contributed by atoms with Gasteiger partial charge in [0.1, 0.15) is 0 Å². The minimum atomic E-state index is -3.36. The number of fused-ring (bicyclic) bond motifs is 1. The average molecular weight is 331 g/mol. The van der Waals surface area contributed by atoms with Crippen LogP contribution in [0.2, 0.25) is 0 Å². The van der Waals surface area contributed by atoms with Crippen LogP contribution in [0.25, 0.3) is 11.3 Å². The van der Waals surface area contributed by atoms with Crippen molar-refractivity contribution >= 4 is 10.0 Å². The van der Waals surface area contributed by atoms with Crippen molar-refractivity contribution in [3.05, 3.63) is 36.0 Å². The summed E-state index contributed by atoms with van der Waals surface area (Å²) in [4.78, 5) is 0.409. The molecule has 122 valence electrons. The van der Waals surface area contributed by atoms with Gasteiger partial charge >= 0.3 is 0 Å². The Morgan fingerprint density at radius 2 is 2.04 bits per heavy atom. The molecule has 2 atom stereocenters. The fraction of sp³-hybridized carbons (Fsp3) is 0.471. The fourth-order valence-electron chi connectivity index (χ4n) is 3.97. The maximum absolute atomic E-state index is 12.9. The summed E-state index contributed by atoms with van der Waals surface area (Å²) in [5, 5.41) is 4.18. The molecule has 6 heteroatoms. The van der Waals surface area contributed by atoms with E-state index in [0.717, 1.165) is 29.7 Å². The van der Waals surface area contributed by atoms with E-state index in [1.54, 1.807) is 27.3 Å². The molecule has 0 N–H and O–H groups in total. The number of aromatic nitrogens is 2. The molecule has 0 spiro atoms. The van der Waals surface area contributed by atoms with Gasteiger partial charge in [0, 0.05) is 31.4 Å². The van der Waals surface area contributed by atoms with Crippen molar-refractivity contribution in [1.29, 1.82) is 0 Å². The summed E-state index contributed by atoms with van der Waals surface area (Å²) in [5.74, 6) is 0.583. The van der Waals surface area contributed by atoms with Gasteiger partial charge in [-0.2, -0.15) is 9.40 Å². The first-order valence-corrected chi connectivity index (χ1v) is 9.53. The lowest BCUT2D eigenvalue weighted by Crippen LogP contribution is -2.55. The fourth-order valence-corrected chi connectivity index (χ4v) is 5.83. The zero-order chi connectivity index (χ0) is 16.2. The predicted octanol–water partition coefficient (Wildman–Crippen LogP) is 2.57. The molecule has 5 nitrogen and oxygen atoms in total. The van der Waals surface area contributed by atoms with Gasteiger partial charge in [-0.15, -0.1) is 0 Å². The molecule has 1 aliphatic heterocycles. The third kappa shape index (κ3) is 2.23. The lowest BCUT2D eigenvalue weighted by Gasteiger charge is -2.43. The molecule has 2 fully saturated rings. The Morgan fingerprint density at radius 3 is 2.70 bits per heavy atom. The molecule has 2 aliphatic rings. The highest BCUT2D eigenvalue weighted by atomic mass is 32.2. The molecular formula is C17H21N3O2S. The molecule has 0 amide bonds. The molecule has 23 heavy (non-hydrogen) atoms. The first kappa shape index (κ1) is 14.9. The van der Waals surface area contributed by atoms with Gasteiger partial charge < -0.3 is 0 Å². The topological polar surface area (TPSA) is 55.2 Å². The molecule has 2 heterocycles. The van der Waals surface area contributed by atoms with Crippen molar-refractivity contribution in [2.45, 2.75) is 37.1 Å². The molecule has 1 aliphatic carbocycles. The standard InChI is InChI=1S/C17H21N3O2S/c1-12-10-14(6-7-15(12)17-8-9-18-19(17)2)23(21,22)20-11-13-4-3-5-16(13)20/h6-10,13,16H,3-5,11H2,1-2H3/t13-,16-/m0/s1. The van der Waals surface area contributed by atoms with Crippen LogP contribution in [0, 0.1) is 12.8 Å². The lowest BCUT2D eigenvalue weighted by molar-refractivity contribution is 0.131. The van der Waals surface area contributed by atoms with Crippen LogP contribution in [0.1, 0.15) is 24.8 Å². The Morgan fingerprint density at radius 1 is 1.22 bits per heavy atom. The summed E-state index contributed by atoms with van der Waals surface area (Å²) < 4.78 is 29.3. The highest BCUT2D eigenvalue weighted by Crippen LogP contribution is 2.42. The van der Waals surface area contributed by atoms with Crippen molar-refractivity contribution in [2.75, 3.05) is 6.54 Å². The van der Waals surface area contributed by atoms with Gasteiger partial charge in [0.2, 0.25) is 10.0 Å².